The highest BCUT2D eigenvalue weighted by Gasteiger charge is 2.47. The van der Waals surface area contributed by atoms with Crippen LogP contribution >= 0.6 is 0 Å². The third-order valence-corrected chi connectivity index (χ3v) is 4.14. The molecule has 22 heavy (non-hydrogen) atoms. The summed E-state index contributed by atoms with van der Waals surface area (Å²) in [6, 6.07) is 7.80. The number of amides is 2. The van der Waals surface area contributed by atoms with Crippen LogP contribution in [0.25, 0.3) is 0 Å². The van der Waals surface area contributed by atoms with Crippen LogP contribution in [0.5, 0.6) is 0 Å². The first-order valence-corrected chi connectivity index (χ1v) is 7.14. The van der Waals surface area contributed by atoms with Gasteiger partial charge in [-0.1, -0.05) is 18.2 Å². The Morgan fingerprint density at radius 3 is 2.59 bits per heavy atom. The summed E-state index contributed by atoms with van der Waals surface area (Å²) >= 11 is 0. The first kappa shape index (κ1) is 14.9. The van der Waals surface area contributed by atoms with Crippen molar-refractivity contribution in [3.8, 4) is 0 Å². The Hall–Kier alpha value is -2.00. The van der Waals surface area contributed by atoms with Gasteiger partial charge in [0, 0.05) is 12.1 Å². The fourth-order valence-electron chi connectivity index (χ4n) is 2.93. The van der Waals surface area contributed by atoms with E-state index in [0.29, 0.717) is 24.9 Å². The molecule has 4 N–H and O–H groups in total. The van der Waals surface area contributed by atoms with Gasteiger partial charge in [-0.3, -0.25) is 25.3 Å². The number of hydrogen-bond acceptors (Lipinski definition) is 6. The topological polar surface area (TPSA) is 105 Å². The Labute approximate surface area is 127 Å². The molecular weight excluding hydrogens is 288 g/mol. The fraction of sp³-hybridized carbons (Fsp3) is 0.429. The van der Waals surface area contributed by atoms with Crippen LogP contribution in [0.1, 0.15) is 23.2 Å². The molecule has 1 aromatic rings. The average Bonchev–Trinajstić information content (AvgIpc) is 2.78. The minimum absolute atomic E-state index is 0.155. The van der Waals surface area contributed by atoms with Gasteiger partial charge in [-0.2, -0.15) is 0 Å². The molecular formula is C14H18N4O4. The molecule has 4 unspecified atom stereocenters. The number of piperidine rings is 1. The van der Waals surface area contributed by atoms with Crippen molar-refractivity contribution in [2.45, 2.75) is 31.3 Å². The van der Waals surface area contributed by atoms with Crippen LogP contribution in [-0.2, 0) is 4.79 Å². The zero-order chi connectivity index (χ0) is 15.7. The van der Waals surface area contributed by atoms with Gasteiger partial charge in [-0.15, -0.1) is 5.06 Å². The zero-order valence-electron chi connectivity index (χ0n) is 11.8. The smallest absolute Gasteiger partial charge is 0.269 e. The van der Waals surface area contributed by atoms with Crippen LogP contribution in [0.3, 0.4) is 0 Å². The predicted octanol–water partition coefficient (Wildman–Crippen LogP) is -0.739. The van der Waals surface area contributed by atoms with Crippen LogP contribution in [0.4, 0.5) is 0 Å². The van der Waals surface area contributed by atoms with Crippen molar-refractivity contribution in [2.24, 2.45) is 0 Å². The number of hydroxylamine groups is 2. The molecule has 0 aromatic heterocycles. The number of carbonyl (C=O) groups excluding carboxylic acids is 2. The third kappa shape index (κ3) is 2.69. The second-order valence-electron chi connectivity index (χ2n) is 5.48. The number of nitrogens with one attached hydrogen (secondary N) is 2. The van der Waals surface area contributed by atoms with Crippen molar-refractivity contribution in [3.63, 3.8) is 0 Å². The Morgan fingerprint density at radius 2 is 1.86 bits per heavy atom. The first-order chi connectivity index (χ1) is 10.6. The third-order valence-electron chi connectivity index (χ3n) is 4.14. The standard InChI is InChI=1S/C14H18N4O4/c19-12(9-4-2-1-3-5-9)15-16-13(20)11-7-6-10-8-17(11)14(21)18(10)22/h1-5,10-11,14,21-22H,6-8H2,(H,15,19)(H,16,20). The molecule has 2 bridgehead atoms. The number of nitrogens with zero attached hydrogens (tertiary/aromatic N) is 2. The lowest BCUT2D eigenvalue weighted by molar-refractivity contribution is -0.221. The van der Waals surface area contributed by atoms with Gasteiger partial charge in [0.2, 0.25) is 0 Å². The number of fused-ring (bicyclic) bond motifs is 2. The zero-order valence-corrected chi connectivity index (χ0v) is 11.8. The summed E-state index contributed by atoms with van der Waals surface area (Å²) in [4.78, 5) is 25.6. The monoisotopic (exact) mass is 306 g/mol. The molecule has 2 fully saturated rings. The van der Waals surface area contributed by atoms with E-state index >= 15 is 0 Å². The van der Waals surface area contributed by atoms with Gasteiger partial charge >= 0.3 is 0 Å². The molecule has 2 amide bonds. The lowest BCUT2D eigenvalue weighted by Crippen LogP contribution is -2.55. The molecule has 2 aliphatic rings. The fourth-order valence-corrected chi connectivity index (χ4v) is 2.93. The van der Waals surface area contributed by atoms with Gasteiger partial charge in [-0.25, -0.2) is 0 Å². The average molecular weight is 306 g/mol. The number of hydrogen-bond donors (Lipinski definition) is 4. The van der Waals surface area contributed by atoms with Gasteiger partial charge in [0.25, 0.3) is 11.8 Å². The number of carbonyl (C=O) groups is 2. The number of benzene rings is 1. The predicted molar refractivity (Wildman–Crippen MR) is 75.2 cm³/mol. The minimum Gasteiger partial charge on any atom is -0.363 e. The quantitative estimate of drug-likeness (QED) is 0.537. The highest BCUT2D eigenvalue weighted by Crippen LogP contribution is 2.30. The maximum Gasteiger partial charge on any atom is 0.269 e. The maximum absolute atomic E-state index is 12.2. The molecule has 0 spiro atoms. The Kier molecular flexibility index (Phi) is 4.08. The number of hydrazine groups is 1. The van der Waals surface area contributed by atoms with E-state index in [1.54, 1.807) is 30.3 Å². The highest BCUT2D eigenvalue weighted by atomic mass is 16.6. The normalized spacial score (nSPS) is 30.8. The van der Waals surface area contributed by atoms with E-state index in [2.05, 4.69) is 10.9 Å². The van der Waals surface area contributed by atoms with Crippen molar-refractivity contribution in [2.75, 3.05) is 6.54 Å². The van der Waals surface area contributed by atoms with Gasteiger partial charge in [0.05, 0.1) is 12.1 Å². The van der Waals surface area contributed by atoms with Crippen molar-refractivity contribution in [1.82, 2.24) is 20.8 Å². The minimum atomic E-state index is -1.19. The second-order valence-corrected chi connectivity index (χ2v) is 5.48. The maximum atomic E-state index is 12.2. The Morgan fingerprint density at radius 1 is 1.14 bits per heavy atom. The molecule has 8 heteroatoms. The lowest BCUT2D eigenvalue weighted by Gasteiger charge is -2.30. The van der Waals surface area contributed by atoms with Crippen LogP contribution in [0, 0.1) is 0 Å². The SMILES string of the molecule is O=C(NNC(=O)C1CCC2CN1C(O)N2O)c1ccccc1. The summed E-state index contributed by atoms with van der Waals surface area (Å²) in [5, 5.41) is 20.4. The number of aliphatic hydroxyl groups excluding tert-OH is 1. The Bertz CT molecular complexity index is 567. The van der Waals surface area contributed by atoms with E-state index in [1.165, 1.54) is 4.90 Å². The van der Waals surface area contributed by atoms with Crippen LogP contribution in [0.15, 0.2) is 30.3 Å². The summed E-state index contributed by atoms with van der Waals surface area (Å²) in [7, 11) is 0. The summed E-state index contributed by atoms with van der Waals surface area (Å²) in [6.07, 6.45) is -0.0753. The summed E-state index contributed by atoms with van der Waals surface area (Å²) in [5.74, 6) is -0.814. The van der Waals surface area contributed by atoms with Crippen molar-refractivity contribution in [3.05, 3.63) is 35.9 Å². The molecule has 118 valence electrons. The summed E-state index contributed by atoms with van der Waals surface area (Å²) < 4.78 is 0. The van der Waals surface area contributed by atoms with E-state index in [1.807, 2.05) is 0 Å². The largest absolute Gasteiger partial charge is 0.363 e. The lowest BCUT2D eigenvalue weighted by atomic mass is 10.0. The van der Waals surface area contributed by atoms with E-state index in [-0.39, 0.29) is 6.04 Å². The van der Waals surface area contributed by atoms with Crippen molar-refractivity contribution >= 4 is 11.8 Å². The molecule has 4 atom stereocenters. The summed E-state index contributed by atoms with van der Waals surface area (Å²) in [5.41, 5.74) is 5.17. The van der Waals surface area contributed by atoms with Crippen molar-refractivity contribution in [1.29, 1.82) is 0 Å². The van der Waals surface area contributed by atoms with E-state index in [0.717, 1.165) is 5.06 Å². The van der Waals surface area contributed by atoms with Gasteiger partial charge in [0.1, 0.15) is 0 Å². The molecule has 1 aromatic carbocycles. The van der Waals surface area contributed by atoms with Crippen molar-refractivity contribution < 1.29 is 19.9 Å². The van der Waals surface area contributed by atoms with Crippen LogP contribution in [-0.4, -0.2) is 57.1 Å². The molecule has 2 aliphatic heterocycles. The summed E-state index contributed by atoms with van der Waals surface area (Å²) in [6.45, 7) is 0.419. The number of aliphatic hydroxyl groups is 1. The second kappa shape index (κ2) is 6.01. The van der Waals surface area contributed by atoms with Crippen LogP contribution in [0.2, 0.25) is 0 Å². The van der Waals surface area contributed by atoms with Gasteiger partial charge < -0.3 is 10.3 Å². The van der Waals surface area contributed by atoms with E-state index in [9.17, 15) is 19.9 Å². The molecule has 0 aliphatic carbocycles. The van der Waals surface area contributed by atoms with Crippen LogP contribution < -0.4 is 10.9 Å². The number of rotatable bonds is 2. The molecule has 2 heterocycles. The highest BCUT2D eigenvalue weighted by molar-refractivity contribution is 5.95. The molecule has 0 saturated carbocycles. The van der Waals surface area contributed by atoms with E-state index < -0.39 is 24.2 Å². The Balaban J connectivity index is 1.57. The molecule has 0 radical (unpaired) electrons. The van der Waals surface area contributed by atoms with E-state index in [4.69, 9.17) is 0 Å². The first-order valence-electron chi connectivity index (χ1n) is 7.14. The molecule has 3 rings (SSSR count). The molecule has 2 saturated heterocycles. The molecule has 8 nitrogen and oxygen atoms in total. The van der Waals surface area contributed by atoms with Gasteiger partial charge in [-0.05, 0) is 25.0 Å². The van der Waals surface area contributed by atoms with Gasteiger partial charge in [0.15, 0.2) is 6.35 Å².